The molecule has 1 aromatic carbocycles. The van der Waals surface area contributed by atoms with Gasteiger partial charge in [0, 0.05) is 30.0 Å². The quantitative estimate of drug-likeness (QED) is 0.487. The lowest BCUT2D eigenvalue weighted by atomic mass is 9.70. The Morgan fingerprint density at radius 3 is 2.79 bits per heavy atom. The van der Waals surface area contributed by atoms with Gasteiger partial charge in [-0.25, -0.2) is 4.98 Å². The topological polar surface area (TPSA) is 95.5 Å². The van der Waals surface area contributed by atoms with Crippen LogP contribution >= 0.6 is 0 Å². The Labute approximate surface area is 196 Å². The molecule has 4 atom stereocenters. The molecule has 178 valence electrons. The van der Waals surface area contributed by atoms with Crippen LogP contribution in [0.1, 0.15) is 62.4 Å². The summed E-state index contributed by atoms with van der Waals surface area (Å²) >= 11 is 0. The van der Waals surface area contributed by atoms with Gasteiger partial charge in [-0.05, 0) is 75.1 Å². The Bertz CT molecular complexity index is 994. The Morgan fingerprint density at radius 1 is 1.33 bits per heavy atom. The molecule has 1 aliphatic carbocycles. The maximum atomic E-state index is 13.3. The first-order valence-corrected chi connectivity index (χ1v) is 12.0. The van der Waals surface area contributed by atoms with Gasteiger partial charge in [0.1, 0.15) is 11.6 Å². The van der Waals surface area contributed by atoms with E-state index < -0.39 is 5.60 Å². The fourth-order valence-electron chi connectivity index (χ4n) is 5.38. The Balaban J connectivity index is 1.58. The van der Waals surface area contributed by atoms with Crippen LogP contribution in [0.3, 0.4) is 0 Å². The zero-order valence-electron chi connectivity index (χ0n) is 20.1. The van der Waals surface area contributed by atoms with Crippen molar-refractivity contribution in [3.05, 3.63) is 41.6 Å². The largest absolute Gasteiger partial charge is 0.497 e. The van der Waals surface area contributed by atoms with Gasteiger partial charge in [0.15, 0.2) is 0 Å². The number of pyridine rings is 1. The van der Waals surface area contributed by atoms with E-state index in [1.54, 1.807) is 13.3 Å². The first kappa shape index (κ1) is 23.4. The predicted octanol–water partition coefficient (Wildman–Crippen LogP) is 4.69. The lowest BCUT2D eigenvalue weighted by Gasteiger charge is -2.42. The van der Waals surface area contributed by atoms with Crippen LogP contribution in [0.5, 0.6) is 5.75 Å². The lowest BCUT2D eigenvalue weighted by Crippen LogP contribution is -2.43. The van der Waals surface area contributed by atoms with E-state index in [0.29, 0.717) is 23.1 Å². The van der Waals surface area contributed by atoms with Gasteiger partial charge in [-0.1, -0.05) is 13.8 Å². The average Bonchev–Trinajstić information content (AvgIpc) is 3.28. The molecule has 0 radical (unpaired) electrons. The van der Waals surface area contributed by atoms with Gasteiger partial charge >= 0.3 is 0 Å². The van der Waals surface area contributed by atoms with Crippen molar-refractivity contribution < 1.29 is 14.6 Å². The highest BCUT2D eigenvalue weighted by Gasteiger charge is 2.38. The fourth-order valence-corrected chi connectivity index (χ4v) is 5.38. The second-order valence-corrected chi connectivity index (χ2v) is 9.75. The zero-order valence-corrected chi connectivity index (χ0v) is 20.1. The summed E-state index contributed by atoms with van der Waals surface area (Å²) in [5.41, 5.74) is 2.54. The number of hydrogen-bond acceptors (Lipinski definition) is 6. The number of methoxy groups -OCH3 is 1. The molecule has 0 bridgehead atoms. The van der Waals surface area contributed by atoms with E-state index in [1.165, 1.54) is 0 Å². The van der Waals surface area contributed by atoms with Crippen LogP contribution in [0.4, 0.5) is 17.2 Å². The third kappa shape index (κ3) is 5.08. The average molecular weight is 453 g/mol. The minimum Gasteiger partial charge on any atom is -0.497 e. The monoisotopic (exact) mass is 452 g/mol. The van der Waals surface area contributed by atoms with Crippen molar-refractivity contribution in [2.75, 3.05) is 29.6 Å². The number of fused-ring (bicyclic) bond motifs is 1. The van der Waals surface area contributed by atoms with Crippen molar-refractivity contribution in [2.45, 2.75) is 64.5 Å². The van der Waals surface area contributed by atoms with Gasteiger partial charge in [0.2, 0.25) is 0 Å². The van der Waals surface area contributed by atoms with Crippen molar-refractivity contribution in [3.8, 4) is 5.75 Å². The van der Waals surface area contributed by atoms with Crippen LogP contribution in [0, 0.1) is 11.8 Å². The predicted molar refractivity (Wildman–Crippen MR) is 132 cm³/mol. The molecule has 1 unspecified atom stereocenters. The number of nitrogens with one attached hydrogen (secondary N) is 3. The molecule has 33 heavy (non-hydrogen) atoms. The molecule has 0 spiro atoms. The van der Waals surface area contributed by atoms with Crippen LogP contribution in [-0.4, -0.2) is 41.3 Å². The van der Waals surface area contributed by atoms with Gasteiger partial charge in [-0.15, -0.1) is 0 Å². The molecule has 1 amide bonds. The lowest BCUT2D eigenvalue weighted by molar-refractivity contribution is -0.0394. The molecule has 7 heteroatoms. The van der Waals surface area contributed by atoms with Crippen LogP contribution in [0.2, 0.25) is 0 Å². The Hall–Kier alpha value is -2.80. The number of ether oxygens (including phenoxy) is 1. The highest BCUT2D eigenvalue weighted by Crippen LogP contribution is 2.41. The van der Waals surface area contributed by atoms with Gasteiger partial charge in [-0.3, -0.25) is 4.79 Å². The molecule has 2 heterocycles. The zero-order chi connectivity index (χ0) is 23.6. The molecular weight excluding hydrogens is 416 g/mol. The summed E-state index contributed by atoms with van der Waals surface area (Å²) in [5.74, 6) is 2.19. The van der Waals surface area contributed by atoms with Gasteiger partial charge in [0.25, 0.3) is 5.91 Å². The summed E-state index contributed by atoms with van der Waals surface area (Å²) in [5, 5.41) is 21.0. The maximum Gasteiger partial charge on any atom is 0.259 e. The number of anilines is 3. The number of hydrogen-bond donors (Lipinski definition) is 4. The number of carbonyl (C=O) groups is 1. The van der Waals surface area contributed by atoms with E-state index in [-0.39, 0.29) is 11.9 Å². The van der Waals surface area contributed by atoms with Crippen LogP contribution in [0.25, 0.3) is 0 Å². The summed E-state index contributed by atoms with van der Waals surface area (Å²) in [7, 11) is 1.62. The number of aliphatic hydroxyl groups is 1. The van der Waals surface area contributed by atoms with Gasteiger partial charge in [-0.2, -0.15) is 0 Å². The van der Waals surface area contributed by atoms with E-state index in [9.17, 15) is 9.90 Å². The fraction of sp³-hybridized carbons (Fsp3) is 0.538. The van der Waals surface area contributed by atoms with Gasteiger partial charge < -0.3 is 25.8 Å². The van der Waals surface area contributed by atoms with Crippen LogP contribution in [-0.2, 0) is 6.42 Å². The summed E-state index contributed by atoms with van der Waals surface area (Å²) < 4.78 is 5.20. The Kier molecular flexibility index (Phi) is 6.79. The number of amides is 1. The van der Waals surface area contributed by atoms with Crippen LogP contribution < -0.4 is 20.7 Å². The number of aromatic nitrogens is 1. The number of carbonyl (C=O) groups excluding carboxylic acids is 1. The smallest absolute Gasteiger partial charge is 0.259 e. The highest BCUT2D eigenvalue weighted by atomic mass is 16.5. The van der Waals surface area contributed by atoms with Gasteiger partial charge in [0.05, 0.1) is 24.0 Å². The van der Waals surface area contributed by atoms with Crippen molar-refractivity contribution in [1.29, 1.82) is 0 Å². The minimum absolute atomic E-state index is 0.116. The number of nitrogens with zero attached hydrogens (tertiary/aromatic N) is 1. The van der Waals surface area contributed by atoms with E-state index >= 15 is 0 Å². The molecule has 1 saturated carbocycles. The summed E-state index contributed by atoms with van der Waals surface area (Å²) in [6, 6.07) is 7.40. The first-order chi connectivity index (χ1) is 15.8. The molecule has 1 aromatic heterocycles. The molecular formula is C26H36N4O3. The molecule has 1 fully saturated rings. The standard InChI is InChI=1S/C26H36N4O3/c1-5-26(32)13-16(2)12-18(14-26)17(3)29-23-21-10-11-27-24(21)28-15-22(23)25(31)30-19-6-8-20(33-4)9-7-19/h6-9,15-18,32H,5,10-14H2,1-4H3,(H,30,31)(H2,27,28,29)/t16?,17-,18-,26-/m0/s1. The molecule has 4 N–H and O–H groups in total. The van der Waals surface area contributed by atoms with E-state index in [1.807, 2.05) is 24.3 Å². The van der Waals surface area contributed by atoms with Crippen LogP contribution in [0.15, 0.2) is 30.5 Å². The molecule has 1 aliphatic heterocycles. The second kappa shape index (κ2) is 9.59. The molecule has 7 nitrogen and oxygen atoms in total. The summed E-state index contributed by atoms with van der Waals surface area (Å²) in [4.78, 5) is 17.8. The van der Waals surface area contributed by atoms with Crippen molar-refractivity contribution in [2.24, 2.45) is 11.8 Å². The normalized spacial score (nSPS) is 25.0. The van der Waals surface area contributed by atoms with E-state index in [0.717, 1.165) is 61.5 Å². The summed E-state index contributed by atoms with van der Waals surface area (Å²) in [6.45, 7) is 7.27. The summed E-state index contributed by atoms with van der Waals surface area (Å²) in [6.07, 6.45) is 5.94. The van der Waals surface area contributed by atoms with Crippen molar-refractivity contribution >= 4 is 23.1 Å². The Morgan fingerprint density at radius 2 is 2.09 bits per heavy atom. The molecule has 2 aliphatic rings. The van der Waals surface area contributed by atoms with E-state index in [2.05, 4.69) is 41.7 Å². The van der Waals surface area contributed by atoms with E-state index in [4.69, 9.17) is 4.74 Å². The number of rotatable bonds is 7. The first-order valence-electron chi connectivity index (χ1n) is 12.0. The number of benzene rings is 1. The third-order valence-corrected chi connectivity index (χ3v) is 7.25. The molecule has 0 saturated heterocycles. The SMILES string of the molecule is CC[C@]1(O)CC(C)C[C@H]([C@H](C)Nc2c(C(=O)Nc3ccc(OC)cc3)cnc3c2CCN3)C1. The molecule has 4 rings (SSSR count). The van der Waals surface area contributed by atoms with Crippen molar-refractivity contribution in [3.63, 3.8) is 0 Å². The highest BCUT2D eigenvalue weighted by molar-refractivity contribution is 6.08. The van der Waals surface area contributed by atoms with Crippen molar-refractivity contribution in [1.82, 2.24) is 4.98 Å². The third-order valence-electron chi connectivity index (χ3n) is 7.25. The second-order valence-electron chi connectivity index (χ2n) is 9.75. The molecule has 2 aromatic rings. The maximum absolute atomic E-state index is 13.3. The minimum atomic E-state index is -0.603.